The lowest BCUT2D eigenvalue weighted by Crippen LogP contribution is -2.15. The highest BCUT2D eigenvalue weighted by atomic mass is 16.5. The van der Waals surface area contributed by atoms with Crippen molar-refractivity contribution in [3.8, 4) is 0 Å². The number of hydrogen-bond acceptors (Lipinski definition) is 4. The average molecular weight is 347 g/mol. The second kappa shape index (κ2) is 13.6. The Hall–Kier alpha value is -1.68. The number of aliphatic hydroxyl groups excluding tert-OH is 1. The molecule has 1 heterocycles. The molecule has 1 aromatic rings. The molecule has 0 amide bonds. The van der Waals surface area contributed by atoms with E-state index in [1.54, 1.807) is 24.4 Å². The van der Waals surface area contributed by atoms with Crippen molar-refractivity contribution in [1.29, 1.82) is 0 Å². The van der Waals surface area contributed by atoms with Gasteiger partial charge >= 0.3 is 5.97 Å². The molecule has 0 aliphatic rings. The highest BCUT2D eigenvalue weighted by molar-refractivity contribution is 5.88. The summed E-state index contributed by atoms with van der Waals surface area (Å²) >= 11 is 0. The molecule has 1 N–H and O–H groups in total. The standard InChI is InChI=1S/C21H33NO3/c1-3-4-5-6-7-8-9-10-11-14-17-25-21(24)18(2)20(23)19-15-12-13-16-22-19/h12-13,15-16,20,23H,2-11,14,17H2,1H3. The molecule has 0 fully saturated rings. The van der Waals surface area contributed by atoms with E-state index >= 15 is 0 Å². The van der Waals surface area contributed by atoms with Crippen molar-refractivity contribution in [3.63, 3.8) is 0 Å². The minimum absolute atomic E-state index is 0.0331. The first-order valence-electron chi connectivity index (χ1n) is 9.61. The van der Waals surface area contributed by atoms with Crippen LogP contribution in [-0.4, -0.2) is 22.7 Å². The molecule has 4 nitrogen and oxygen atoms in total. The van der Waals surface area contributed by atoms with Crippen LogP contribution in [0, 0.1) is 0 Å². The summed E-state index contributed by atoms with van der Waals surface area (Å²) in [4.78, 5) is 15.9. The van der Waals surface area contributed by atoms with Gasteiger partial charge in [0.05, 0.1) is 17.9 Å². The van der Waals surface area contributed by atoms with E-state index in [0.717, 1.165) is 12.8 Å². The van der Waals surface area contributed by atoms with Crippen LogP contribution in [0.1, 0.15) is 82.9 Å². The van der Waals surface area contributed by atoms with Crippen molar-refractivity contribution in [1.82, 2.24) is 4.98 Å². The van der Waals surface area contributed by atoms with Gasteiger partial charge in [-0.3, -0.25) is 4.98 Å². The van der Waals surface area contributed by atoms with E-state index in [9.17, 15) is 9.90 Å². The molecule has 1 rings (SSSR count). The molecule has 0 aliphatic carbocycles. The number of unbranched alkanes of at least 4 members (excludes halogenated alkanes) is 9. The summed E-state index contributed by atoms with van der Waals surface area (Å²) in [6.07, 6.45) is 12.8. The van der Waals surface area contributed by atoms with Crippen molar-refractivity contribution in [2.75, 3.05) is 6.61 Å². The molecular weight excluding hydrogens is 314 g/mol. The van der Waals surface area contributed by atoms with Crippen LogP contribution in [0.2, 0.25) is 0 Å². The molecule has 1 atom stereocenters. The predicted molar refractivity (Wildman–Crippen MR) is 101 cm³/mol. The third kappa shape index (κ3) is 9.40. The molecule has 0 radical (unpaired) electrons. The van der Waals surface area contributed by atoms with Crippen molar-refractivity contribution < 1.29 is 14.6 Å². The van der Waals surface area contributed by atoms with Crippen LogP contribution in [0.3, 0.4) is 0 Å². The molecule has 1 unspecified atom stereocenters. The Kier molecular flexibility index (Phi) is 11.6. The molecule has 0 saturated heterocycles. The SMILES string of the molecule is C=C(C(=O)OCCCCCCCCCCCC)C(O)c1ccccn1. The summed E-state index contributed by atoms with van der Waals surface area (Å²) < 4.78 is 5.19. The summed E-state index contributed by atoms with van der Waals surface area (Å²) in [5.74, 6) is -0.547. The van der Waals surface area contributed by atoms with E-state index in [1.807, 2.05) is 0 Å². The molecule has 0 aliphatic heterocycles. The summed E-state index contributed by atoms with van der Waals surface area (Å²) in [6.45, 7) is 6.25. The highest BCUT2D eigenvalue weighted by Gasteiger charge is 2.20. The molecule has 140 valence electrons. The topological polar surface area (TPSA) is 59.4 Å². The Morgan fingerprint density at radius 1 is 1.08 bits per heavy atom. The Labute approximate surface area is 152 Å². The summed E-state index contributed by atoms with van der Waals surface area (Å²) in [5.41, 5.74) is 0.439. The second-order valence-corrected chi connectivity index (χ2v) is 6.50. The first-order chi connectivity index (χ1) is 12.2. The van der Waals surface area contributed by atoms with E-state index in [-0.39, 0.29) is 5.57 Å². The lowest BCUT2D eigenvalue weighted by molar-refractivity contribution is -0.140. The quantitative estimate of drug-likeness (QED) is 0.288. The Balaban J connectivity index is 2.04. The normalized spacial score (nSPS) is 11.9. The van der Waals surface area contributed by atoms with Gasteiger partial charge in [-0.25, -0.2) is 4.79 Å². The fraction of sp³-hybridized carbons (Fsp3) is 0.619. The Morgan fingerprint density at radius 2 is 1.68 bits per heavy atom. The van der Waals surface area contributed by atoms with E-state index in [1.165, 1.54) is 51.4 Å². The van der Waals surface area contributed by atoms with E-state index in [2.05, 4.69) is 18.5 Å². The third-order valence-corrected chi connectivity index (χ3v) is 4.29. The van der Waals surface area contributed by atoms with Gasteiger partial charge in [-0.1, -0.05) is 77.4 Å². The average Bonchev–Trinajstić information content (AvgIpc) is 2.65. The van der Waals surface area contributed by atoms with Crippen molar-refractivity contribution in [2.24, 2.45) is 0 Å². The number of ether oxygens (including phenoxy) is 1. The molecule has 0 saturated carbocycles. The number of aliphatic hydroxyl groups is 1. The van der Waals surface area contributed by atoms with Gasteiger partial charge in [0.15, 0.2) is 0 Å². The highest BCUT2D eigenvalue weighted by Crippen LogP contribution is 2.19. The van der Waals surface area contributed by atoms with E-state index in [4.69, 9.17) is 4.74 Å². The number of pyridine rings is 1. The zero-order chi connectivity index (χ0) is 18.3. The minimum Gasteiger partial charge on any atom is -0.462 e. The van der Waals surface area contributed by atoms with Gasteiger partial charge in [-0.05, 0) is 18.6 Å². The summed E-state index contributed by atoms with van der Waals surface area (Å²) in [6, 6.07) is 5.17. The minimum atomic E-state index is -1.11. The van der Waals surface area contributed by atoms with E-state index in [0.29, 0.717) is 12.3 Å². The summed E-state index contributed by atoms with van der Waals surface area (Å²) in [5, 5.41) is 10.1. The number of rotatable bonds is 14. The van der Waals surface area contributed by atoms with Gasteiger partial charge in [0.1, 0.15) is 6.10 Å². The van der Waals surface area contributed by atoms with E-state index < -0.39 is 12.1 Å². The van der Waals surface area contributed by atoms with Gasteiger partial charge in [-0.15, -0.1) is 0 Å². The second-order valence-electron chi connectivity index (χ2n) is 6.50. The number of carbonyl (C=O) groups is 1. The Bertz CT molecular complexity index is 487. The molecule has 1 aromatic heterocycles. The Morgan fingerprint density at radius 3 is 2.24 bits per heavy atom. The van der Waals surface area contributed by atoms with Gasteiger partial charge in [0.2, 0.25) is 0 Å². The zero-order valence-corrected chi connectivity index (χ0v) is 15.6. The van der Waals surface area contributed by atoms with Gasteiger partial charge in [0.25, 0.3) is 0 Å². The molecule has 0 bridgehead atoms. The smallest absolute Gasteiger partial charge is 0.336 e. The maximum absolute atomic E-state index is 11.9. The number of hydrogen-bond donors (Lipinski definition) is 1. The van der Waals surface area contributed by atoms with Crippen LogP contribution in [0.4, 0.5) is 0 Å². The van der Waals surface area contributed by atoms with Gasteiger partial charge < -0.3 is 9.84 Å². The van der Waals surface area contributed by atoms with Crippen LogP contribution < -0.4 is 0 Å². The monoisotopic (exact) mass is 347 g/mol. The number of nitrogens with zero attached hydrogens (tertiary/aromatic N) is 1. The molecule has 0 spiro atoms. The van der Waals surface area contributed by atoms with Crippen LogP contribution in [0.5, 0.6) is 0 Å². The van der Waals surface area contributed by atoms with Crippen molar-refractivity contribution >= 4 is 5.97 Å². The van der Waals surface area contributed by atoms with Crippen LogP contribution in [-0.2, 0) is 9.53 Å². The number of esters is 1. The summed E-state index contributed by atoms with van der Waals surface area (Å²) in [7, 11) is 0. The predicted octanol–water partition coefficient (Wildman–Crippen LogP) is 5.14. The van der Waals surface area contributed by atoms with Crippen molar-refractivity contribution in [2.45, 2.75) is 77.2 Å². The molecule has 0 aromatic carbocycles. The maximum Gasteiger partial charge on any atom is 0.336 e. The van der Waals surface area contributed by atoms with Gasteiger partial charge in [0, 0.05) is 6.20 Å². The van der Waals surface area contributed by atoms with Gasteiger partial charge in [-0.2, -0.15) is 0 Å². The lowest BCUT2D eigenvalue weighted by atomic mass is 10.1. The molecule has 4 heteroatoms. The molecular formula is C21H33NO3. The maximum atomic E-state index is 11.9. The van der Waals surface area contributed by atoms with Crippen LogP contribution in [0.25, 0.3) is 0 Å². The number of carbonyl (C=O) groups excluding carboxylic acids is 1. The van der Waals surface area contributed by atoms with Crippen LogP contribution >= 0.6 is 0 Å². The largest absolute Gasteiger partial charge is 0.462 e. The van der Waals surface area contributed by atoms with Crippen LogP contribution in [0.15, 0.2) is 36.5 Å². The fourth-order valence-electron chi connectivity index (χ4n) is 2.67. The van der Waals surface area contributed by atoms with Crippen molar-refractivity contribution in [3.05, 3.63) is 42.2 Å². The number of aromatic nitrogens is 1. The fourth-order valence-corrected chi connectivity index (χ4v) is 2.67. The lowest BCUT2D eigenvalue weighted by Gasteiger charge is -2.12. The zero-order valence-electron chi connectivity index (χ0n) is 15.6. The molecule has 25 heavy (non-hydrogen) atoms. The third-order valence-electron chi connectivity index (χ3n) is 4.29. The first kappa shape index (κ1) is 21.4. The first-order valence-corrected chi connectivity index (χ1v) is 9.61.